The number of aliphatic imine (C=N–C) groups is 1. The van der Waals surface area contributed by atoms with Gasteiger partial charge in [-0.2, -0.15) is 0 Å². The fourth-order valence-electron chi connectivity index (χ4n) is 6.84. The second-order valence-electron chi connectivity index (χ2n) is 15.1. The van der Waals surface area contributed by atoms with Crippen LogP contribution >= 0.6 is 0 Å². The highest BCUT2D eigenvalue weighted by atomic mass is 32.3. The van der Waals surface area contributed by atoms with Gasteiger partial charge in [-0.25, -0.2) is 13.4 Å². The summed E-state index contributed by atoms with van der Waals surface area (Å²) in [6.45, 7) is 10.3. The van der Waals surface area contributed by atoms with E-state index in [1.54, 1.807) is 0 Å². The number of amidine groups is 1. The average Bonchev–Trinajstić information content (AvgIpc) is 3.50. The topological polar surface area (TPSA) is 90.8 Å². The van der Waals surface area contributed by atoms with Gasteiger partial charge in [0.15, 0.2) is 5.84 Å². The van der Waals surface area contributed by atoms with Crippen LogP contribution in [-0.2, 0) is 14.6 Å². The number of nitrogens with zero attached hydrogens (tertiary/aromatic N) is 2. The van der Waals surface area contributed by atoms with E-state index in [-0.39, 0.29) is 0 Å². The molecule has 1 rings (SSSR count). The molecule has 0 saturated heterocycles. The molecule has 0 aromatic carbocycles. The van der Waals surface area contributed by atoms with E-state index in [2.05, 4.69) is 61.6 Å². The van der Waals surface area contributed by atoms with E-state index >= 15 is 0 Å². The zero-order valence-electron chi connectivity index (χ0n) is 34.4. The monoisotopic (exact) mass is 740 g/mol. The van der Waals surface area contributed by atoms with E-state index in [4.69, 9.17) is 4.99 Å². The number of hydrogen-bond acceptors (Lipinski definition) is 6. The molecular weight excluding hydrogens is 655 g/mol. The maximum absolute atomic E-state index is 9.22. The van der Waals surface area contributed by atoms with Crippen LogP contribution < -0.4 is 5.32 Å². The Labute approximate surface area is 318 Å². The predicted molar refractivity (Wildman–Crippen MR) is 221 cm³/mol. The normalized spacial score (nSPS) is 16.9. The summed E-state index contributed by atoms with van der Waals surface area (Å²) < 4.78 is 32.0. The number of allylic oxidation sites excluding steroid dienone is 4. The fourth-order valence-corrected chi connectivity index (χ4v) is 6.84. The van der Waals surface area contributed by atoms with E-state index in [1.165, 1.54) is 199 Å². The Morgan fingerprint density at radius 1 is 0.667 bits per heavy atom. The number of hydrogen-bond donors (Lipinski definition) is 1. The van der Waals surface area contributed by atoms with Crippen LogP contribution in [0.5, 0.6) is 0 Å². The van der Waals surface area contributed by atoms with Gasteiger partial charge in [0.05, 0.1) is 20.7 Å². The van der Waals surface area contributed by atoms with Crippen LogP contribution in [0, 0.1) is 0 Å². The second kappa shape index (κ2) is 35.9. The van der Waals surface area contributed by atoms with Crippen molar-refractivity contribution in [1.82, 2.24) is 5.32 Å². The van der Waals surface area contributed by atoms with Crippen LogP contribution in [0.4, 0.5) is 0 Å². The summed E-state index contributed by atoms with van der Waals surface area (Å²) in [5, 5.41) is 3.88. The average molecular weight is 740 g/mol. The highest BCUT2D eigenvalue weighted by molar-refractivity contribution is 7.80. The van der Waals surface area contributed by atoms with Gasteiger partial charge >= 0.3 is 0 Å². The van der Waals surface area contributed by atoms with Gasteiger partial charge in [0.2, 0.25) is 10.4 Å². The second-order valence-corrected chi connectivity index (χ2v) is 16.3. The van der Waals surface area contributed by atoms with Crippen LogP contribution in [0.15, 0.2) is 29.3 Å². The number of quaternary nitrogens is 1. The van der Waals surface area contributed by atoms with Crippen molar-refractivity contribution in [1.29, 1.82) is 0 Å². The molecule has 8 heteroatoms. The van der Waals surface area contributed by atoms with E-state index in [9.17, 15) is 13.0 Å². The van der Waals surface area contributed by atoms with Gasteiger partial charge < -0.3 is 4.55 Å². The first-order valence-electron chi connectivity index (χ1n) is 21.6. The zero-order valence-corrected chi connectivity index (χ0v) is 35.3. The summed E-state index contributed by atoms with van der Waals surface area (Å²) in [5.41, 5.74) is 0. The summed E-state index contributed by atoms with van der Waals surface area (Å²) >= 11 is 0. The van der Waals surface area contributed by atoms with Gasteiger partial charge in [0.25, 0.3) is 0 Å². The molecule has 51 heavy (non-hydrogen) atoms. The SMILES string of the molecule is CCCCCCCC/C=C\CCCCCCCCNC(C)[N+]1(C)CCN=C1CCCCCCCC/C=C\CCCCCCCC.COS(=O)(=O)[O-]. The summed E-state index contributed by atoms with van der Waals surface area (Å²) in [7, 11) is -1.18. The first-order valence-corrected chi connectivity index (χ1v) is 23.0. The van der Waals surface area contributed by atoms with Crippen LogP contribution in [0.2, 0.25) is 0 Å². The number of likely N-dealkylation sites (N-methyl/N-ethyl adjacent to an activating group) is 1. The van der Waals surface area contributed by atoms with Crippen molar-refractivity contribution in [2.75, 3.05) is 33.8 Å². The van der Waals surface area contributed by atoms with E-state index in [0.29, 0.717) is 6.17 Å². The van der Waals surface area contributed by atoms with Gasteiger partial charge in [-0.1, -0.05) is 154 Å². The first-order chi connectivity index (χ1) is 24.7. The van der Waals surface area contributed by atoms with E-state index in [0.717, 1.165) is 24.7 Å². The molecule has 1 aliphatic heterocycles. The Balaban J connectivity index is 0.00000381. The van der Waals surface area contributed by atoms with Crippen LogP contribution in [0.1, 0.15) is 207 Å². The predicted octanol–water partition coefficient (Wildman–Crippen LogP) is 12.3. The molecular formula is C43H85N3O4S. The van der Waals surface area contributed by atoms with Crippen LogP contribution in [-0.4, -0.2) is 63.2 Å². The Morgan fingerprint density at radius 3 is 1.41 bits per heavy atom. The standard InChI is InChI=1S/C42H82N3.CH4O4S/c1-5-7-9-11-13-15-17-19-21-23-25-27-29-31-33-35-37-42-44-39-40-45(42,4)41(3)43-38-36-34-32-30-28-26-24-22-20-18-16-14-12-10-8-6-2;1-5-6(2,3)4/h19-22,41,43H,5-18,23-40H2,1-4H3;1H3,(H,2,3,4)/q+1;/p-1/b21-19-,22-20-;. The molecule has 0 aromatic heterocycles. The van der Waals surface area contributed by atoms with Gasteiger partial charge in [-0.05, 0) is 64.2 Å². The third-order valence-electron chi connectivity index (χ3n) is 10.5. The van der Waals surface area contributed by atoms with Gasteiger partial charge in [0.1, 0.15) is 12.7 Å². The lowest BCUT2D eigenvalue weighted by Gasteiger charge is -2.36. The van der Waals surface area contributed by atoms with Crippen molar-refractivity contribution < 1.29 is 21.6 Å². The quantitative estimate of drug-likeness (QED) is 0.0230. The highest BCUT2D eigenvalue weighted by Crippen LogP contribution is 2.21. The molecule has 0 amide bonds. The third kappa shape index (κ3) is 32.1. The fraction of sp³-hybridized carbons (Fsp3) is 0.884. The molecule has 0 aliphatic carbocycles. The van der Waals surface area contributed by atoms with Crippen LogP contribution in [0.25, 0.3) is 0 Å². The molecule has 0 spiro atoms. The lowest BCUT2D eigenvalue weighted by atomic mass is 10.1. The maximum atomic E-state index is 9.22. The Bertz CT molecular complexity index is 953. The van der Waals surface area contributed by atoms with Crippen molar-refractivity contribution in [3.05, 3.63) is 24.3 Å². The largest absolute Gasteiger partial charge is 0.726 e. The molecule has 7 nitrogen and oxygen atoms in total. The zero-order chi connectivity index (χ0) is 37.7. The molecule has 302 valence electrons. The molecule has 0 aromatic rings. The molecule has 0 radical (unpaired) electrons. The van der Waals surface area contributed by atoms with Crippen molar-refractivity contribution in [3.8, 4) is 0 Å². The van der Waals surface area contributed by atoms with E-state index < -0.39 is 10.4 Å². The first kappa shape index (κ1) is 49.9. The summed E-state index contributed by atoms with van der Waals surface area (Å²) in [6.07, 6.45) is 49.9. The minimum absolute atomic E-state index is 0.475. The Hall–Kier alpha value is -1.06. The molecule has 2 unspecified atom stereocenters. The van der Waals surface area contributed by atoms with Crippen molar-refractivity contribution >= 4 is 16.2 Å². The molecule has 0 saturated carbocycles. The van der Waals surface area contributed by atoms with E-state index in [1.807, 2.05) is 0 Å². The van der Waals surface area contributed by atoms with Crippen molar-refractivity contribution in [3.63, 3.8) is 0 Å². The molecule has 0 fully saturated rings. The summed E-state index contributed by atoms with van der Waals surface area (Å²) in [6, 6.07) is 0. The maximum Gasteiger partial charge on any atom is 0.217 e. The minimum atomic E-state index is -4.41. The van der Waals surface area contributed by atoms with Crippen LogP contribution in [0.3, 0.4) is 0 Å². The van der Waals surface area contributed by atoms with Gasteiger partial charge in [0, 0.05) is 19.9 Å². The molecule has 1 heterocycles. The molecule has 2 atom stereocenters. The van der Waals surface area contributed by atoms with Crippen molar-refractivity contribution in [2.45, 2.75) is 213 Å². The molecule has 0 bridgehead atoms. The Kier molecular flexibility index (Phi) is 35.2. The van der Waals surface area contributed by atoms with Gasteiger partial charge in [-0.3, -0.25) is 14.0 Å². The number of unbranched alkanes of at least 4 members (excludes halogenated alkanes) is 24. The minimum Gasteiger partial charge on any atom is -0.726 e. The highest BCUT2D eigenvalue weighted by Gasteiger charge is 2.38. The number of nitrogens with one attached hydrogen (secondary N) is 1. The smallest absolute Gasteiger partial charge is 0.217 e. The van der Waals surface area contributed by atoms with Gasteiger partial charge in [-0.15, -0.1) is 0 Å². The summed E-state index contributed by atoms with van der Waals surface area (Å²) in [5.74, 6) is 1.45. The number of rotatable bonds is 35. The lowest BCUT2D eigenvalue weighted by molar-refractivity contribution is -0.844. The lowest BCUT2D eigenvalue weighted by Crippen LogP contribution is -2.59. The third-order valence-corrected chi connectivity index (χ3v) is 11.0. The Morgan fingerprint density at radius 2 is 1.02 bits per heavy atom. The van der Waals surface area contributed by atoms with Crippen molar-refractivity contribution in [2.24, 2.45) is 4.99 Å². The molecule has 1 aliphatic rings. The molecule has 1 N–H and O–H groups in total. The summed E-state index contributed by atoms with van der Waals surface area (Å²) in [4.78, 5) is 4.98.